The van der Waals surface area contributed by atoms with Crippen molar-refractivity contribution >= 4 is 23.6 Å². The summed E-state index contributed by atoms with van der Waals surface area (Å²) < 4.78 is 5.60. The molecule has 1 N–H and O–H groups in total. The average molecular weight is 350 g/mol. The highest BCUT2D eigenvalue weighted by molar-refractivity contribution is 7.99. The van der Waals surface area contributed by atoms with Crippen molar-refractivity contribution in [3.05, 3.63) is 41.3 Å². The van der Waals surface area contributed by atoms with Gasteiger partial charge in [-0.15, -0.1) is 0 Å². The van der Waals surface area contributed by atoms with Gasteiger partial charge >= 0.3 is 5.97 Å². The van der Waals surface area contributed by atoms with Crippen LogP contribution < -0.4 is 10.0 Å². The predicted molar refractivity (Wildman–Crippen MR) is 91.3 cm³/mol. The van der Waals surface area contributed by atoms with E-state index in [0.29, 0.717) is 16.3 Å². The summed E-state index contributed by atoms with van der Waals surface area (Å²) in [4.78, 5) is 23.3. The molecule has 7 heteroatoms. The number of nitrogens with one attached hydrogen (secondary N) is 1. The van der Waals surface area contributed by atoms with Crippen LogP contribution in [0.15, 0.2) is 41.1 Å². The molecule has 1 heterocycles. The third-order valence-electron chi connectivity index (χ3n) is 3.64. The van der Waals surface area contributed by atoms with Gasteiger partial charge in [0.15, 0.2) is 12.8 Å². The Morgan fingerprint density at radius 1 is 1.33 bits per heavy atom. The van der Waals surface area contributed by atoms with Crippen LogP contribution in [0, 0.1) is 5.21 Å². The molecule has 0 saturated heterocycles. The highest BCUT2D eigenvalue weighted by atomic mass is 32.2. The second-order valence-electron chi connectivity index (χ2n) is 5.52. The lowest BCUT2D eigenvalue weighted by Gasteiger charge is -2.13. The molecule has 0 fully saturated rings. The van der Waals surface area contributed by atoms with E-state index in [2.05, 4.69) is 11.4 Å². The molecular formula is C17H22N2O4S. The summed E-state index contributed by atoms with van der Waals surface area (Å²) in [5.74, 6) is -0.829. The topological polar surface area (TPSA) is 82.3 Å². The van der Waals surface area contributed by atoms with Gasteiger partial charge in [-0.1, -0.05) is 11.6 Å². The van der Waals surface area contributed by atoms with Crippen LogP contribution in [0.2, 0.25) is 0 Å². The molecule has 1 aliphatic carbocycles. The molecule has 0 bridgehead atoms. The zero-order chi connectivity index (χ0) is 17.2. The van der Waals surface area contributed by atoms with Gasteiger partial charge < -0.3 is 15.3 Å². The first kappa shape index (κ1) is 18.3. The molecular weight excluding hydrogens is 328 g/mol. The monoisotopic (exact) mass is 350 g/mol. The lowest BCUT2D eigenvalue weighted by Crippen LogP contribution is -2.30. The first-order valence-electron chi connectivity index (χ1n) is 8.06. The summed E-state index contributed by atoms with van der Waals surface area (Å²) in [5, 5.41) is 14.6. The fourth-order valence-corrected chi connectivity index (χ4v) is 3.10. The Morgan fingerprint density at radius 3 is 2.96 bits per heavy atom. The lowest BCUT2D eigenvalue weighted by molar-refractivity contribution is -0.645. The third-order valence-corrected chi connectivity index (χ3v) is 4.64. The molecule has 1 amide bonds. The molecule has 1 aromatic rings. The van der Waals surface area contributed by atoms with Crippen molar-refractivity contribution < 1.29 is 19.1 Å². The van der Waals surface area contributed by atoms with E-state index in [0.717, 1.165) is 31.0 Å². The zero-order valence-corrected chi connectivity index (χ0v) is 14.3. The molecule has 24 heavy (non-hydrogen) atoms. The highest BCUT2D eigenvalue weighted by Crippen LogP contribution is 2.19. The van der Waals surface area contributed by atoms with Crippen molar-refractivity contribution in [3.8, 4) is 0 Å². The smallest absolute Gasteiger partial charge is 0.317 e. The van der Waals surface area contributed by atoms with E-state index in [9.17, 15) is 14.8 Å². The van der Waals surface area contributed by atoms with Gasteiger partial charge in [0.25, 0.3) is 10.9 Å². The molecule has 0 radical (unpaired) electrons. The third kappa shape index (κ3) is 6.62. The van der Waals surface area contributed by atoms with Crippen molar-refractivity contribution in [2.75, 3.05) is 18.9 Å². The second kappa shape index (κ2) is 9.97. The maximum absolute atomic E-state index is 11.6. The summed E-state index contributed by atoms with van der Waals surface area (Å²) in [6, 6.07) is 4.96. The Hall–Kier alpha value is -2.02. The van der Waals surface area contributed by atoms with Gasteiger partial charge in [0.1, 0.15) is 5.75 Å². The van der Waals surface area contributed by atoms with Crippen molar-refractivity contribution in [3.63, 3.8) is 0 Å². The number of amides is 1. The molecule has 0 saturated carbocycles. The number of hydrogen-bond donors (Lipinski definition) is 1. The number of carbonyl (C=O) groups excluding carboxylic acids is 2. The molecule has 0 spiro atoms. The molecule has 2 rings (SSSR count). The second-order valence-corrected chi connectivity index (χ2v) is 6.52. The van der Waals surface area contributed by atoms with Crippen LogP contribution in [0.3, 0.4) is 0 Å². The van der Waals surface area contributed by atoms with Gasteiger partial charge in [-0.25, -0.2) is 0 Å². The number of pyridine rings is 1. The van der Waals surface area contributed by atoms with Crippen molar-refractivity contribution in [2.45, 2.75) is 37.1 Å². The fourth-order valence-electron chi connectivity index (χ4n) is 2.39. The molecule has 0 atom stereocenters. The fraction of sp³-hybridized carbons (Fsp3) is 0.471. The van der Waals surface area contributed by atoms with Crippen LogP contribution in [-0.2, 0) is 14.3 Å². The molecule has 6 nitrogen and oxygen atoms in total. The Kier molecular flexibility index (Phi) is 7.61. The largest absolute Gasteiger partial charge is 0.618 e. The van der Waals surface area contributed by atoms with Gasteiger partial charge in [0, 0.05) is 18.7 Å². The number of aromatic nitrogens is 1. The van der Waals surface area contributed by atoms with E-state index in [-0.39, 0.29) is 18.3 Å². The number of rotatable bonds is 8. The SMILES string of the molecule is O=C(COC(=O)CSc1cccc[n+]1[O-])NCCC1=CCCCC1. The number of carbonyl (C=O) groups is 2. The van der Waals surface area contributed by atoms with Crippen molar-refractivity contribution in [1.29, 1.82) is 0 Å². The Bertz CT molecular complexity index is 604. The summed E-state index contributed by atoms with van der Waals surface area (Å²) >= 11 is 1.08. The minimum atomic E-state index is -0.519. The van der Waals surface area contributed by atoms with Gasteiger partial charge in [-0.3, -0.25) is 9.59 Å². The highest BCUT2D eigenvalue weighted by Gasteiger charge is 2.12. The van der Waals surface area contributed by atoms with Crippen LogP contribution in [0.1, 0.15) is 32.1 Å². The van der Waals surface area contributed by atoms with Crippen LogP contribution in [0.4, 0.5) is 0 Å². The van der Waals surface area contributed by atoms with E-state index in [1.165, 1.54) is 24.6 Å². The molecule has 1 aromatic heterocycles. The van der Waals surface area contributed by atoms with Crippen LogP contribution in [0.25, 0.3) is 0 Å². The van der Waals surface area contributed by atoms with E-state index >= 15 is 0 Å². The first-order valence-corrected chi connectivity index (χ1v) is 9.05. The van der Waals surface area contributed by atoms with E-state index in [1.807, 2.05) is 0 Å². The first-order chi connectivity index (χ1) is 11.6. The van der Waals surface area contributed by atoms with Crippen LogP contribution >= 0.6 is 11.8 Å². The van der Waals surface area contributed by atoms with Gasteiger partial charge in [-0.05, 0) is 49.9 Å². The van der Waals surface area contributed by atoms with Gasteiger partial charge in [0.2, 0.25) is 0 Å². The number of nitrogens with zero attached hydrogens (tertiary/aromatic N) is 1. The van der Waals surface area contributed by atoms with Crippen LogP contribution in [-0.4, -0.2) is 30.8 Å². The van der Waals surface area contributed by atoms with Crippen molar-refractivity contribution in [2.24, 2.45) is 0 Å². The quantitative estimate of drug-likeness (QED) is 0.255. The van der Waals surface area contributed by atoms with Gasteiger partial charge in [0.05, 0.1) is 0 Å². The lowest BCUT2D eigenvalue weighted by atomic mass is 9.97. The minimum Gasteiger partial charge on any atom is -0.618 e. The Labute approximate surface area is 145 Å². The number of allylic oxidation sites excluding steroid dienone is 1. The minimum absolute atomic E-state index is 0.00752. The number of esters is 1. The number of thioether (sulfide) groups is 1. The number of hydrogen-bond acceptors (Lipinski definition) is 5. The Morgan fingerprint density at radius 2 is 2.21 bits per heavy atom. The molecule has 0 aromatic carbocycles. The maximum Gasteiger partial charge on any atom is 0.317 e. The van der Waals surface area contributed by atoms with Gasteiger partial charge in [-0.2, -0.15) is 4.73 Å². The molecule has 130 valence electrons. The maximum atomic E-state index is 11.6. The predicted octanol–water partition coefficient (Wildman–Crippen LogP) is 1.96. The molecule has 1 aliphatic rings. The summed E-state index contributed by atoms with van der Waals surface area (Å²) in [7, 11) is 0. The van der Waals surface area contributed by atoms with E-state index in [4.69, 9.17) is 4.74 Å². The summed E-state index contributed by atoms with van der Waals surface area (Å²) in [5.41, 5.74) is 1.39. The molecule has 0 aliphatic heterocycles. The van der Waals surface area contributed by atoms with E-state index in [1.54, 1.807) is 18.2 Å². The standard InChI is InChI=1S/C17H22N2O4S/c20-15(18-10-9-14-6-2-1-3-7-14)12-23-17(21)13-24-16-8-4-5-11-19(16)22/h4-6,8,11H,1-3,7,9-10,12-13H2,(H,18,20). The normalized spacial score (nSPS) is 13.9. The number of ether oxygens (including phenoxy) is 1. The summed E-state index contributed by atoms with van der Waals surface area (Å²) in [6.45, 7) is 0.280. The average Bonchev–Trinajstić information content (AvgIpc) is 2.60. The molecule has 0 unspecified atom stereocenters. The van der Waals surface area contributed by atoms with Crippen LogP contribution in [0.5, 0.6) is 0 Å². The summed E-state index contributed by atoms with van der Waals surface area (Å²) in [6.07, 6.45) is 9.18. The van der Waals surface area contributed by atoms with E-state index < -0.39 is 5.97 Å². The zero-order valence-electron chi connectivity index (χ0n) is 13.5. The Balaban J connectivity index is 1.58. The van der Waals surface area contributed by atoms with Crippen molar-refractivity contribution in [1.82, 2.24) is 5.32 Å².